The van der Waals surface area contributed by atoms with E-state index in [2.05, 4.69) is 15.0 Å². The summed E-state index contributed by atoms with van der Waals surface area (Å²) in [6.07, 6.45) is 1.34. The smallest absolute Gasteiger partial charge is 0.140 e. The summed E-state index contributed by atoms with van der Waals surface area (Å²) in [5.41, 5.74) is 6.87. The fourth-order valence-corrected chi connectivity index (χ4v) is 3.50. The zero-order chi connectivity index (χ0) is 24.8. The first kappa shape index (κ1) is 26.8. The second-order valence-electron chi connectivity index (χ2n) is 8.46. The van der Waals surface area contributed by atoms with Crippen LogP contribution in [0.25, 0.3) is 0 Å². The third-order valence-electron chi connectivity index (χ3n) is 4.66. The second kappa shape index (κ2) is 11.6. The molecule has 6 nitrogen and oxygen atoms in total. The van der Waals surface area contributed by atoms with Crippen LogP contribution in [0.1, 0.15) is 20.8 Å². The zero-order valence-electron chi connectivity index (χ0n) is 19.3. The lowest BCUT2D eigenvalue weighted by Crippen LogP contribution is -2.27. The Morgan fingerprint density at radius 1 is 1.24 bits per heavy atom. The van der Waals surface area contributed by atoms with Crippen LogP contribution in [0.2, 0.25) is 5.02 Å². The molecule has 0 aliphatic carbocycles. The molecule has 0 bridgehead atoms. The van der Waals surface area contributed by atoms with Gasteiger partial charge >= 0.3 is 0 Å². The molecule has 0 heterocycles. The maximum absolute atomic E-state index is 14.8. The Hall–Kier alpha value is -2.49. The van der Waals surface area contributed by atoms with Gasteiger partial charge in [0, 0.05) is 49.6 Å². The summed E-state index contributed by atoms with van der Waals surface area (Å²) in [7, 11) is 3.68. The van der Waals surface area contributed by atoms with Gasteiger partial charge < -0.3 is 26.4 Å². The average molecular weight is 498 g/mol. The molecule has 0 saturated heterocycles. The Balaban J connectivity index is 2.26. The van der Waals surface area contributed by atoms with Crippen molar-refractivity contribution in [3.8, 4) is 0 Å². The lowest BCUT2D eigenvalue weighted by molar-refractivity contribution is 0.278. The molecule has 180 valence electrons. The first-order valence-electron chi connectivity index (χ1n) is 10.3. The number of aliphatic hydroxyl groups excluding tert-OH is 1. The van der Waals surface area contributed by atoms with E-state index in [1.54, 1.807) is 6.07 Å². The molecule has 0 aliphatic rings. The minimum absolute atomic E-state index is 0.0470. The number of benzene rings is 2. The Labute approximate surface area is 203 Å². The number of nitrogens with two attached hydrogens (primary N) is 1. The van der Waals surface area contributed by atoms with Crippen molar-refractivity contribution < 1.29 is 13.9 Å². The minimum atomic E-state index is -0.556. The highest BCUT2D eigenvalue weighted by Gasteiger charge is 2.17. The highest BCUT2D eigenvalue weighted by atomic mass is 35.5. The number of halogens is 3. The van der Waals surface area contributed by atoms with Crippen LogP contribution < -0.4 is 21.3 Å². The van der Waals surface area contributed by atoms with Gasteiger partial charge in [-0.3, -0.25) is 0 Å². The van der Waals surface area contributed by atoms with E-state index in [9.17, 15) is 13.9 Å². The molecule has 0 spiro atoms. The maximum Gasteiger partial charge on any atom is 0.140 e. The fraction of sp³-hybridized carbons (Fsp3) is 0.348. The molecule has 0 amide bonds. The lowest BCUT2D eigenvalue weighted by Gasteiger charge is -2.23. The lowest BCUT2D eigenvalue weighted by atomic mass is 9.93. The van der Waals surface area contributed by atoms with Crippen molar-refractivity contribution in [2.75, 3.05) is 37.4 Å². The van der Waals surface area contributed by atoms with Crippen LogP contribution in [0, 0.1) is 17.0 Å². The van der Waals surface area contributed by atoms with Gasteiger partial charge in [0.2, 0.25) is 0 Å². The molecule has 0 unspecified atom stereocenters. The van der Waals surface area contributed by atoms with E-state index in [-0.39, 0.29) is 27.3 Å². The molecular weight excluding hydrogens is 468 g/mol. The van der Waals surface area contributed by atoms with Gasteiger partial charge in [-0.2, -0.15) is 4.40 Å². The number of nitrogens with zero attached hydrogens (tertiary/aromatic N) is 2. The molecule has 0 saturated carbocycles. The number of rotatable bonds is 9. The van der Waals surface area contributed by atoms with E-state index >= 15 is 0 Å². The van der Waals surface area contributed by atoms with E-state index in [0.717, 1.165) is 11.9 Å². The highest BCUT2D eigenvalue weighted by molar-refractivity contribution is 7.98. The Morgan fingerprint density at radius 3 is 2.58 bits per heavy atom. The molecular formula is C23H30ClF2N5OS. The van der Waals surface area contributed by atoms with Crippen molar-refractivity contribution in [1.29, 1.82) is 0 Å². The van der Waals surface area contributed by atoms with Crippen molar-refractivity contribution >= 4 is 46.4 Å². The van der Waals surface area contributed by atoms with Crippen molar-refractivity contribution in [1.82, 2.24) is 5.32 Å². The van der Waals surface area contributed by atoms with Crippen LogP contribution in [0.4, 0.5) is 25.8 Å². The molecule has 2 aromatic carbocycles. The van der Waals surface area contributed by atoms with Crippen LogP contribution in [0.15, 0.2) is 51.5 Å². The van der Waals surface area contributed by atoms with Gasteiger partial charge in [0.25, 0.3) is 0 Å². The quantitative estimate of drug-likeness (QED) is 0.150. The molecule has 0 atom stereocenters. The monoisotopic (exact) mass is 497 g/mol. The van der Waals surface area contributed by atoms with Crippen LogP contribution in [0.3, 0.4) is 0 Å². The number of nitrogens with one attached hydrogen (secondary N) is 2. The summed E-state index contributed by atoms with van der Waals surface area (Å²) >= 11 is 7.20. The SMILES string of the molecule is CNCCN(C)c1cc(F)ccc1Nc1cc(F)c(S/N=C(N)\C=C(/O)C(C)(C)C)cc1Cl. The number of anilines is 3. The van der Waals surface area contributed by atoms with Crippen molar-refractivity contribution in [2.24, 2.45) is 15.5 Å². The average Bonchev–Trinajstić information content (AvgIpc) is 2.73. The Bertz CT molecular complexity index is 1040. The third-order valence-corrected chi connectivity index (χ3v) is 5.79. The van der Waals surface area contributed by atoms with Crippen molar-refractivity contribution in [3.05, 3.63) is 58.8 Å². The van der Waals surface area contributed by atoms with Crippen molar-refractivity contribution in [3.63, 3.8) is 0 Å². The molecule has 10 heteroatoms. The fourth-order valence-electron chi connectivity index (χ4n) is 2.65. The molecule has 33 heavy (non-hydrogen) atoms. The predicted octanol–water partition coefficient (Wildman–Crippen LogP) is 5.87. The summed E-state index contributed by atoms with van der Waals surface area (Å²) in [6, 6.07) is 6.99. The first-order chi connectivity index (χ1) is 15.4. The molecule has 2 aromatic rings. The Kier molecular flexibility index (Phi) is 9.39. The van der Waals surface area contributed by atoms with Gasteiger partial charge in [-0.1, -0.05) is 32.4 Å². The summed E-state index contributed by atoms with van der Waals surface area (Å²) in [5.74, 6) is -0.819. The minimum Gasteiger partial charge on any atom is -0.512 e. The Morgan fingerprint density at radius 2 is 1.94 bits per heavy atom. The van der Waals surface area contributed by atoms with E-state index in [1.165, 1.54) is 30.3 Å². The molecule has 5 N–H and O–H groups in total. The van der Waals surface area contributed by atoms with Crippen LogP contribution in [-0.2, 0) is 0 Å². The second-order valence-corrected chi connectivity index (χ2v) is 9.67. The van der Waals surface area contributed by atoms with Gasteiger partial charge in [-0.05, 0) is 31.3 Å². The number of amidine groups is 1. The van der Waals surface area contributed by atoms with Gasteiger partial charge in [-0.15, -0.1) is 0 Å². The molecule has 0 radical (unpaired) electrons. The molecule has 0 aliphatic heterocycles. The largest absolute Gasteiger partial charge is 0.512 e. The highest BCUT2D eigenvalue weighted by Crippen LogP contribution is 2.36. The number of allylic oxidation sites excluding steroid dienone is 1. The summed E-state index contributed by atoms with van der Waals surface area (Å²) in [5, 5.41) is 16.4. The van der Waals surface area contributed by atoms with Crippen molar-refractivity contribution in [2.45, 2.75) is 25.7 Å². The number of likely N-dealkylation sites (N-methyl/N-ethyl adjacent to an activating group) is 2. The van der Waals surface area contributed by atoms with Gasteiger partial charge in [0.1, 0.15) is 23.2 Å². The van der Waals surface area contributed by atoms with E-state index in [1.807, 2.05) is 39.8 Å². The topological polar surface area (TPSA) is 85.9 Å². The molecule has 0 aromatic heterocycles. The standard InChI is InChI=1S/C23H30ClF2N5OS/c1-23(2,3)21(32)13-22(27)30-33-20-11-15(24)18(12-16(20)26)29-17-7-6-14(25)10-19(17)31(5)9-8-28-4/h6-7,10-13,28-29,32H,8-9H2,1-5H3,(H2,27,30)/b21-13-. The van der Waals surface area contributed by atoms with Crippen LogP contribution in [0.5, 0.6) is 0 Å². The number of aliphatic hydroxyl groups is 1. The van der Waals surface area contributed by atoms with E-state index in [0.29, 0.717) is 30.2 Å². The van der Waals surface area contributed by atoms with E-state index in [4.69, 9.17) is 17.3 Å². The number of hydrogen-bond donors (Lipinski definition) is 4. The third kappa shape index (κ3) is 7.80. The predicted molar refractivity (Wildman–Crippen MR) is 136 cm³/mol. The maximum atomic E-state index is 14.8. The zero-order valence-corrected chi connectivity index (χ0v) is 20.9. The summed E-state index contributed by atoms with van der Waals surface area (Å²) in [6.45, 7) is 6.84. The van der Waals surface area contributed by atoms with E-state index < -0.39 is 11.2 Å². The molecule has 0 fully saturated rings. The molecule has 2 rings (SSSR count). The van der Waals surface area contributed by atoms with Gasteiger partial charge in [0.05, 0.1) is 27.0 Å². The summed E-state index contributed by atoms with van der Waals surface area (Å²) < 4.78 is 32.7. The normalized spacial score (nSPS) is 12.7. The number of hydrogen-bond acceptors (Lipinski definition) is 6. The van der Waals surface area contributed by atoms with Gasteiger partial charge in [0.15, 0.2) is 0 Å². The van der Waals surface area contributed by atoms with Gasteiger partial charge in [-0.25, -0.2) is 8.78 Å². The van der Waals surface area contributed by atoms with Crippen LogP contribution in [-0.4, -0.2) is 38.1 Å². The van der Waals surface area contributed by atoms with Crippen LogP contribution >= 0.6 is 23.5 Å². The summed E-state index contributed by atoms with van der Waals surface area (Å²) in [4.78, 5) is 2.05. The first-order valence-corrected chi connectivity index (χ1v) is 11.4.